The summed E-state index contributed by atoms with van der Waals surface area (Å²) in [7, 11) is 0. The molecule has 2 atom stereocenters. The van der Waals surface area contributed by atoms with Gasteiger partial charge < -0.3 is 19.9 Å². The molecule has 2 N–H and O–H groups in total. The van der Waals surface area contributed by atoms with E-state index in [1.807, 2.05) is 12.1 Å². The number of fused-ring (bicyclic) bond motifs is 1. The van der Waals surface area contributed by atoms with E-state index < -0.39 is 0 Å². The molecule has 1 heterocycles. The van der Waals surface area contributed by atoms with Crippen LogP contribution in [0, 0.1) is 0 Å². The van der Waals surface area contributed by atoms with Crippen molar-refractivity contribution in [2.45, 2.75) is 25.0 Å². The third kappa shape index (κ3) is 4.53. The van der Waals surface area contributed by atoms with Crippen molar-refractivity contribution in [3.8, 4) is 5.75 Å². The third-order valence-corrected chi connectivity index (χ3v) is 5.35. The Morgan fingerprint density at radius 2 is 1.86 bits per heavy atom. The molecule has 4 heteroatoms. The molecule has 4 rings (SSSR count). The minimum Gasteiger partial charge on any atom is -0.491 e. The largest absolute Gasteiger partial charge is 0.491 e. The minimum absolute atomic E-state index is 0.0229. The normalized spacial score (nSPS) is 19.6. The zero-order valence-corrected chi connectivity index (χ0v) is 16.0. The summed E-state index contributed by atoms with van der Waals surface area (Å²) in [6, 6.07) is 23.1. The molecule has 1 fully saturated rings. The van der Waals surface area contributed by atoms with E-state index in [1.165, 1.54) is 21.9 Å². The van der Waals surface area contributed by atoms with Gasteiger partial charge in [0, 0.05) is 12.5 Å². The van der Waals surface area contributed by atoms with Crippen molar-refractivity contribution < 1.29 is 14.6 Å². The first kappa shape index (κ1) is 18.9. The molecule has 0 spiro atoms. The molecule has 1 saturated heterocycles. The van der Waals surface area contributed by atoms with E-state index in [4.69, 9.17) is 14.6 Å². The van der Waals surface area contributed by atoms with E-state index >= 15 is 0 Å². The lowest BCUT2D eigenvalue weighted by Gasteiger charge is -2.32. The molecular weight excluding hydrogens is 350 g/mol. The van der Waals surface area contributed by atoms with E-state index in [0.29, 0.717) is 19.1 Å². The Kier molecular flexibility index (Phi) is 6.22. The minimum atomic E-state index is 0.0229. The van der Waals surface area contributed by atoms with Crippen LogP contribution in [-0.2, 0) is 11.3 Å². The Labute approximate surface area is 166 Å². The standard InChI is InChI=1S/C24H27NO3/c26-12-13-27-22-7-3-6-21(15-22)23-10-11-25-16-24(23)28-17-18-8-9-19-4-1-2-5-20(19)14-18/h1-9,14-15,23-26H,10-13,16-17H2. The van der Waals surface area contributed by atoms with Gasteiger partial charge in [0.2, 0.25) is 0 Å². The number of rotatable bonds is 7. The van der Waals surface area contributed by atoms with Crippen LogP contribution in [0.15, 0.2) is 66.7 Å². The molecule has 4 nitrogen and oxygen atoms in total. The summed E-state index contributed by atoms with van der Waals surface area (Å²) >= 11 is 0. The van der Waals surface area contributed by atoms with Gasteiger partial charge >= 0.3 is 0 Å². The maximum absolute atomic E-state index is 8.98. The van der Waals surface area contributed by atoms with Crippen molar-refractivity contribution in [1.29, 1.82) is 0 Å². The third-order valence-electron chi connectivity index (χ3n) is 5.35. The van der Waals surface area contributed by atoms with E-state index in [1.54, 1.807) is 0 Å². The highest BCUT2D eigenvalue weighted by Crippen LogP contribution is 2.30. The molecular formula is C24H27NO3. The molecule has 146 valence electrons. The van der Waals surface area contributed by atoms with Gasteiger partial charge in [-0.05, 0) is 53.1 Å². The Morgan fingerprint density at radius 1 is 0.964 bits per heavy atom. The fraction of sp³-hybridized carbons (Fsp3) is 0.333. The number of aliphatic hydroxyl groups excluding tert-OH is 1. The molecule has 0 aliphatic carbocycles. The van der Waals surface area contributed by atoms with Gasteiger partial charge in [-0.15, -0.1) is 0 Å². The molecule has 2 unspecified atom stereocenters. The first-order chi connectivity index (χ1) is 13.8. The molecule has 1 aliphatic heterocycles. The maximum atomic E-state index is 8.98. The second kappa shape index (κ2) is 9.20. The molecule has 0 saturated carbocycles. The predicted octanol–water partition coefficient (Wildman–Crippen LogP) is 3.87. The first-order valence-electron chi connectivity index (χ1n) is 9.97. The maximum Gasteiger partial charge on any atom is 0.119 e. The molecule has 1 aliphatic rings. The lowest BCUT2D eigenvalue weighted by Crippen LogP contribution is -2.40. The Morgan fingerprint density at radius 3 is 2.75 bits per heavy atom. The zero-order valence-electron chi connectivity index (χ0n) is 16.0. The average Bonchev–Trinajstić information content (AvgIpc) is 2.76. The van der Waals surface area contributed by atoms with Gasteiger partial charge in [-0.2, -0.15) is 0 Å². The van der Waals surface area contributed by atoms with Gasteiger partial charge in [-0.25, -0.2) is 0 Å². The fourth-order valence-corrected chi connectivity index (χ4v) is 3.92. The number of ether oxygens (including phenoxy) is 2. The molecule has 0 bridgehead atoms. The number of nitrogens with one attached hydrogen (secondary N) is 1. The fourth-order valence-electron chi connectivity index (χ4n) is 3.92. The van der Waals surface area contributed by atoms with Crippen molar-refractivity contribution in [2.24, 2.45) is 0 Å². The van der Waals surface area contributed by atoms with Gasteiger partial charge in [0.25, 0.3) is 0 Å². The number of aliphatic hydroxyl groups is 1. The number of hydrogen-bond acceptors (Lipinski definition) is 4. The van der Waals surface area contributed by atoms with Crippen LogP contribution in [0.25, 0.3) is 10.8 Å². The summed E-state index contributed by atoms with van der Waals surface area (Å²) in [6.07, 6.45) is 1.15. The van der Waals surface area contributed by atoms with E-state index in [9.17, 15) is 0 Å². The van der Waals surface area contributed by atoms with Gasteiger partial charge in [-0.1, -0.05) is 48.5 Å². The summed E-state index contributed by atoms with van der Waals surface area (Å²) < 4.78 is 11.9. The van der Waals surface area contributed by atoms with Crippen molar-refractivity contribution in [3.05, 3.63) is 77.9 Å². The van der Waals surface area contributed by atoms with Gasteiger partial charge in [0.05, 0.1) is 19.3 Å². The van der Waals surface area contributed by atoms with Crippen LogP contribution < -0.4 is 10.1 Å². The van der Waals surface area contributed by atoms with E-state index in [0.717, 1.165) is 25.3 Å². The summed E-state index contributed by atoms with van der Waals surface area (Å²) in [5, 5.41) is 14.9. The molecule has 3 aromatic carbocycles. The SMILES string of the molecule is OCCOc1cccc(C2CCNCC2OCc2ccc3ccccc3c2)c1. The number of benzene rings is 3. The van der Waals surface area contributed by atoms with Crippen LogP contribution in [0.4, 0.5) is 0 Å². The van der Waals surface area contributed by atoms with Crippen molar-refractivity contribution in [1.82, 2.24) is 5.32 Å². The molecule has 3 aromatic rings. The molecule has 0 amide bonds. The number of piperidine rings is 1. The summed E-state index contributed by atoms with van der Waals surface area (Å²) in [5.41, 5.74) is 2.43. The first-order valence-corrected chi connectivity index (χ1v) is 9.97. The Hall–Kier alpha value is -2.40. The summed E-state index contributed by atoms with van der Waals surface area (Å²) in [4.78, 5) is 0. The van der Waals surface area contributed by atoms with Crippen LogP contribution >= 0.6 is 0 Å². The average molecular weight is 377 g/mol. The van der Waals surface area contributed by atoms with Crippen LogP contribution in [-0.4, -0.2) is 37.5 Å². The van der Waals surface area contributed by atoms with Crippen LogP contribution in [0.5, 0.6) is 5.75 Å². The molecule has 0 aromatic heterocycles. The topological polar surface area (TPSA) is 50.7 Å². The Bertz CT molecular complexity index is 911. The Balaban J connectivity index is 1.46. The van der Waals surface area contributed by atoms with Gasteiger partial charge in [0.1, 0.15) is 12.4 Å². The molecule has 28 heavy (non-hydrogen) atoms. The van der Waals surface area contributed by atoms with Crippen molar-refractivity contribution in [2.75, 3.05) is 26.3 Å². The zero-order chi connectivity index (χ0) is 19.2. The monoisotopic (exact) mass is 377 g/mol. The van der Waals surface area contributed by atoms with Crippen LogP contribution in [0.2, 0.25) is 0 Å². The summed E-state index contributed by atoms with van der Waals surface area (Å²) in [5.74, 6) is 1.14. The molecule has 0 radical (unpaired) electrons. The van der Waals surface area contributed by atoms with E-state index in [2.05, 4.69) is 59.9 Å². The van der Waals surface area contributed by atoms with Crippen molar-refractivity contribution in [3.63, 3.8) is 0 Å². The predicted molar refractivity (Wildman–Crippen MR) is 112 cm³/mol. The van der Waals surface area contributed by atoms with Crippen molar-refractivity contribution >= 4 is 10.8 Å². The highest BCUT2D eigenvalue weighted by molar-refractivity contribution is 5.82. The van der Waals surface area contributed by atoms with Gasteiger partial charge in [0.15, 0.2) is 0 Å². The second-order valence-electron chi connectivity index (χ2n) is 7.27. The summed E-state index contributed by atoms with van der Waals surface area (Å²) in [6.45, 7) is 2.78. The number of hydrogen-bond donors (Lipinski definition) is 2. The van der Waals surface area contributed by atoms with Crippen LogP contribution in [0.3, 0.4) is 0 Å². The smallest absolute Gasteiger partial charge is 0.119 e. The lowest BCUT2D eigenvalue weighted by molar-refractivity contribution is 0.0106. The highest BCUT2D eigenvalue weighted by atomic mass is 16.5. The second-order valence-corrected chi connectivity index (χ2v) is 7.27. The van der Waals surface area contributed by atoms with Crippen LogP contribution in [0.1, 0.15) is 23.5 Å². The van der Waals surface area contributed by atoms with E-state index in [-0.39, 0.29) is 12.7 Å². The quantitative estimate of drug-likeness (QED) is 0.656. The van der Waals surface area contributed by atoms with Gasteiger partial charge in [-0.3, -0.25) is 0 Å². The highest BCUT2D eigenvalue weighted by Gasteiger charge is 2.27. The lowest BCUT2D eigenvalue weighted by atomic mass is 9.87.